The molecule has 0 saturated heterocycles. The van der Waals surface area contributed by atoms with Crippen molar-refractivity contribution in [3.63, 3.8) is 0 Å². The quantitative estimate of drug-likeness (QED) is 0.722. The highest BCUT2D eigenvalue weighted by molar-refractivity contribution is 5.71. The minimum atomic E-state index is 0.369. The summed E-state index contributed by atoms with van der Waals surface area (Å²) in [5, 5.41) is 19.7. The van der Waals surface area contributed by atoms with Crippen LogP contribution >= 0.6 is 0 Å². The van der Waals surface area contributed by atoms with Gasteiger partial charge in [0.2, 0.25) is 0 Å². The summed E-state index contributed by atoms with van der Waals surface area (Å²) in [5.74, 6) is 0.739. The Bertz CT molecular complexity index is 599. The summed E-state index contributed by atoms with van der Waals surface area (Å²) in [6, 6.07) is 11.4. The molecule has 2 nitrogen and oxygen atoms in total. The SMILES string of the molecule is CCCc1cc(/C=C/c2ccc(O)c(CCC)c2)ccc1O. The van der Waals surface area contributed by atoms with E-state index in [-0.39, 0.29) is 0 Å². The van der Waals surface area contributed by atoms with Crippen LogP contribution in [-0.2, 0) is 12.8 Å². The van der Waals surface area contributed by atoms with Gasteiger partial charge in [0.1, 0.15) is 11.5 Å². The van der Waals surface area contributed by atoms with Gasteiger partial charge in [-0.1, -0.05) is 51.0 Å². The van der Waals surface area contributed by atoms with E-state index >= 15 is 0 Å². The van der Waals surface area contributed by atoms with Gasteiger partial charge in [-0.3, -0.25) is 0 Å². The van der Waals surface area contributed by atoms with Crippen molar-refractivity contribution in [1.82, 2.24) is 0 Å². The summed E-state index contributed by atoms with van der Waals surface area (Å²) in [7, 11) is 0. The number of hydrogen-bond acceptors (Lipinski definition) is 2. The number of aromatic hydroxyl groups is 2. The van der Waals surface area contributed by atoms with Gasteiger partial charge >= 0.3 is 0 Å². The molecule has 2 rings (SSSR count). The molecule has 0 aliphatic rings. The van der Waals surface area contributed by atoms with Crippen molar-refractivity contribution in [2.45, 2.75) is 39.5 Å². The number of rotatable bonds is 6. The Labute approximate surface area is 132 Å². The van der Waals surface area contributed by atoms with Crippen LogP contribution in [0.3, 0.4) is 0 Å². The zero-order valence-corrected chi connectivity index (χ0v) is 13.3. The van der Waals surface area contributed by atoms with E-state index in [9.17, 15) is 10.2 Å². The standard InChI is InChI=1S/C20H24O2/c1-3-5-17-13-15(9-11-19(17)21)7-8-16-10-12-20(22)18(14-16)6-4-2/h7-14,21-22H,3-6H2,1-2H3/b8-7+. The maximum Gasteiger partial charge on any atom is 0.118 e. The van der Waals surface area contributed by atoms with Gasteiger partial charge in [-0.2, -0.15) is 0 Å². The van der Waals surface area contributed by atoms with E-state index in [1.165, 1.54) is 0 Å². The van der Waals surface area contributed by atoms with Gasteiger partial charge in [-0.25, -0.2) is 0 Å². The number of phenolic OH excluding ortho intramolecular Hbond substituents is 2. The lowest BCUT2D eigenvalue weighted by molar-refractivity contribution is 0.467. The first-order chi connectivity index (χ1) is 10.6. The van der Waals surface area contributed by atoms with Gasteiger partial charge in [-0.05, 0) is 59.4 Å². The third-order valence-corrected chi connectivity index (χ3v) is 3.71. The second kappa shape index (κ2) is 7.69. The Kier molecular flexibility index (Phi) is 5.65. The molecule has 0 bridgehead atoms. The summed E-state index contributed by atoms with van der Waals surface area (Å²) in [5.41, 5.74) is 4.13. The Morgan fingerprint density at radius 3 is 1.50 bits per heavy atom. The highest BCUT2D eigenvalue weighted by Crippen LogP contribution is 2.23. The van der Waals surface area contributed by atoms with Crippen molar-refractivity contribution in [3.05, 3.63) is 58.7 Å². The summed E-state index contributed by atoms with van der Waals surface area (Å²) in [6.45, 7) is 4.21. The van der Waals surface area contributed by atoms with E-state index in [1.807, 2.05) is 36.4 Å². The van der Waals surface area contributed by atoms with E-state index in [4.69, 9.17) is 0 Å². The summed E-state index contributed by atoms with van der Waals surface area (Å²) in [6.07, 6.45) is 7.88. The van der Waals surface area contributed by atoms with E-state index in [0.29, 0.717) is 11.5 Å². The van der Waals surface area contributed by atoms with Gasteiger partial charge in [0.15, 0.2) is 0 Å². The number of hydrogen-bond donors (Lipinski definition) is 2. The molecule has 116 valence electrons. The number of phenols is 2. The van der Waals surface area contributed by atoms with E-state index in [0.717, 1.165) is 47.9 Å². The molecule has 0 amide bonds. The number of aryl methyl sites for hydroxylation is 2. The van der Waals surface area contributed by atoms with Crippen molar-refractivity contribution >= 4 is 12.2 Å². The van der Waals surface area contributed by atoms with E-state index in [1.54, 1.807) is 12.1 Å². The highest BCUT2D eigenvalue weighted by Gasteiger charge is 2.02. The normalized spacial score (nSPS) is 11.2. The van der Waals surface area contributed by atoms with Gasteiger partial charge in [0.05, 0.1) is 0 Å². The van der Waals surface area contributed by atoms with E-state index < -0.39 is 0 Å². The fourth-order valence-electron chi connectivity index (χ4n) is 2.55. The van der Waals surface area contributed by atoms with Crippen LogP contribution in [0.5, 0.6) is 11.5 Å². The van der Waals surface area contributed by atoms with Crippen LogP contribution in [0, 0.1) is 0 Å². The van der Waals surface area contributed by atoms with Crippen molar-refractivity contribution < 1.29 is 10.2 Å². The zero-order chi connectivity index (χ0) is 15.9. The second-order valence-electron chi connectivity index (χ2n) is 5.61. The molecule has 0 heterocycles. The van der Waals surface area contributed by atoms with Crippen LogP contribution in [0.25, 0.3) is 12.2 Å². The van der Waals surface area contributed by atoms with Crippen molar-refractivity contribution in [2.24, 2.45) is 0 Å². The van der Waals surface area contributed by atoms with Crippen molar-refractivity contribution in [3.8, 4) is 11.5 Å². The molecule has 0 spiro atoms. The fraction of sp³-hybridized carbons (Fsp3) is 0.300. The van der Waals surface area contributed by atoms with Gasteiger partial charge in [0.25, 0.3) is 0 Å². The third kappa shape index (κ3) is 4.14. The molecule has 0 aliphatic carbocycles. The monoisotopic (exact) mass is 296 g/mol. The largest absolute Gasteiger partial charge is 0.508 e. The zero-order valence-electron chi connectivity index (χ0n) is 13.3. The maximum atomic E-state index is 9.83. The molecule has 22 heavy (non-hydrogen) atoms. The summed E-state index contributed by atoms with van der Waals surface area (Å²) in [4.78, 5) is 0. The molecule has 0 saturated carbocycles. The van der Waals surface area contributed by atoms with Crippen LogP contribution in [0.4, 0.5) is 0 Å². The fourth-order valence-corrected chi connectivity index (χ4v) is 2.55. The average Bonchev–Trinajstić information content (AvgIpc) is 2.51. The Hall–Kier alpha value is -2.22. The molecule has 0 aromatic heterocycles. The molecular formula is C20H24O2. The van der Waals surface area contributed by atoms with Crippen LogP contribution < -0.4 is 0 Å². The third-order valence-electron chi connectivity index (χ3n) is 3.71. The first-order valence-electron chi connectivity index (χ1n) is 7.96. The summed E-state index contributed by atoms with van der Waals surface area (Å²) >= 11 is 0. The average molecular weight is 296 g/mol. The molecule has 2 heteroatoms. The topological polar surface area (TPSA) is 40.5 Å². The molecule has 0 atom stereocenters. The predicted molar refractivity (Wildman–Crippen MR) is 93.1 cm³/mol. The first-order valence-corrected chi connectivity index (χ1v) is 7.96. The summed E-state index contributed by atoms with van der Waals surface area (Å²) < 4.78 is 0. The van der Waals surface area contributed by atoms with Gasteiger partial charge < -0.3 is 10.2 Å². The molecule has 2 aromatic carbocycles. The minimum Gasteiger partial charge on any atom is -0.508 e. The molecule has 0 radical (unpaired) electrons. The predicted octanol–water partition coefficient (Wildman–Crippen LogP) is 5.17. The maximum absolute atomic E-state index is 9.83. The molecule has 0 aliphatic heterocycles. The lowest BCUT2D eigenvalue weighted by atomic mass is 10.0. The Morgan fingerprint density at radius 2 is 1.14 bits per heavy atom. The van der Waals surface area contributed by atoms with Gasteiger partial charge in [0, 0.05) is 0 Å². The van der Waals surface area contributed by atoms with Crippen molar-refractivity contribution in [2.75, 3.05) is 0 Å². The van der Waals surface area contributed by atoms with Gasteiger partial charge in [-0.15, -0.1) is 0 Å². The van der Waals surface area contributed by atoms with Crippen LogP contribution in [0.2, 0.25) is 0 Å². The highest BCUT2D eigenvalue weighted by atomic mass is 16.3. The smallest absolute Gasteiger partial charge is 0.118 e. The molecule has 0 fully saturated rings. The Balaban J connectivity index is 2.21. The van der Waals surface area contributed by atoms with Crippen LogP contribution in [0.15, 0.2) is 36.4 Å². The number of benzene rings is 2. The molecule has 0 unspecified atom stereocenters. The Morgan fingerprint density at radius 1 is 0.727 bits per heavy atom. The lowest BCUT2D eigenvalue weighted by Crippen LogP contribution is -1.86. The van der Waals surface area contributed by atoms with E-state index in [2.05, 4.69) is 13.8 Å². The van der Waals surface area contributed by atoms with Crippen molar-refractivity contribution in [1.29, 1.82) is 0 Å². The molecular weight excluding hydrogens is 272 g/mol. The second-order valence-corrected chi connectivity index (χ2v) is 5.61. The molecule has 2 N–H and O–H groups in total. The lowest BCUT2D eigenvalue weighted by Gasteiger charge is -2.05. The van der Waals surface area contributed by atoms with Crippen LogP contribution in [-0.4, -0.2) is 10.2 Å². The van der Waals surface area contributed by atoms with Crippen LogP contribution in [0.1, 0.15) is 48.9 Å². The minimum absolute atomic E-state index is 0.369. The molecule has 2 aromatic rings. The first kappa shape index (κ1) is 16.2.